The van der Waals surface area contributed by atoms with E-state index in [2.05, 4.69) is 50.4 Å². The molecule has 0 aromatic rings. The summed E-state index contributed by atoms with van der Waals surface area (Å²) in [7, 11) is 0. The summed E-state index contributed by atoms with van der Waals surface area (Å²) in [4.78, 5) is 26.0. The quantitative estimate of drug-likeness (QED) is 0.0323. The number of carbonyl (C=O) groups is 2. The molecule has 6 heteroatoms. The van der Waals surface area contributed by atoms with Crippen molar-refractivity contribution in [2.24, 2.45) is 0 Å². The van der Waals surface area contributed by atoms with Gasteiger partial charge in [-0.3, -0.25) is 9.59 Å². The number of aliphatic hydroxyl groups excluding tert-OH is 2. The van der Waals surface area contributed by atoms with Gasteiger partial charge in [0.15, 0.2) is 0 Å². The summed E-state index contributed by atoms with van der Waals surface area (Å²) in [6, 6.07) is -0.703. The van der Waals surface area contributed by atoms with Crippen molar-refractivity contribution in [3.63, 3.8) is 0 Å². The monoisotopic (exact) mass is 818 g/mol. The summed E-state index contributed by atoms with van der Waals surface area (Å²) < 4.78 is 5.89. The predicted octanol–water partition coefficient (Wildman–Crippen LogP) is 15.1. The highest BCUT2D eigenvalue weighted by atomic mass is 16.5. The molecule has 0 fully saturated rings. The first-order chi connectivity index (χ1) is 28.5. The molecule has 1 amide bonds. The van der Waals surface area contributed by atoms with E-state index >= 15 is 0 Å². The third-order valence-corrected chi connectivity index (χ3v) is 11.7. The van der Waals surface area contributed by atoms with E-state index in [1.54, 1.807) is 0 Å². The van der Waals surface area contributed by atoms with E-state index in [0.29, 0.717) is 19.3 Å². The van der Waals surface area contributed by atoms with Crippen molar-refractivity contribution in [1.29, 1.82) is 0 Å². The number of esters is 1. The third-order valence-electron chi connectivity index (χ3n) is 11.7. The molecule has 0 saturated carbocycles. The molecule has 342 valence electrons. The first kappa shape index (κ1) is 56.3. The fourth-order valence-corrected chi connectivity index (χ4v) is 7.84. The molecular weight excluding hydrogens is 719 g/mol. The van der Waals surface area contributed by atoms with Gasteiger partial charge in [-0.05, 0) is 70.6 Å². The number of amides is 1. The molecular formula is C52H99NO5. The molecule has 0 aromatic carbocycles. The van der Waals surface area contributed by atoms with Crippen LogP contribution in [0, 0.1) is 0 Å². The topological polar surface area (TPSA) is 95.9 Å². The van der Waals surface area contributed by atoms with Crippen LogP contribution in [0.4, 0.5) is 0 Å². The second-order valence-electron chi connectivity index (χ2n) is 17.6. The summed E-state index contributed by atoms with van der Waals surface area (Å²) >= 11 is 0. The normalized spacial score (nSPS) is 13.4. The summed E-state index contributed by atoms with van der Waals surface area (Å²) in [6.45, 7) is 6.42. The Labute approximate surface area is 361 Å². The number of ether oxygens (including phenoxy) is 1. The van der Waals surface area contributed by atoms with E-state index in [0.717, 1.165) is 77.0 Å². The number of hydrogen-bond acceptors (Lipinski definition) is 5. The minimum Gasteiger partial charge on any atom is -0.462 e. The molecule has 0 bridgehead atoms. The van der Waals surface area contributed by atoms with Crippen molar-refractivity contribution < 1.29 is 24.5 Å². The van der Waals surface area contributed by atoms with Crippen molar-refractivity contribution in [3.05, 3.63) is 24.3 Å². The van der Waals surface area contributed by atoms with Crippen LogP contribution in [0.15, 0.2) is 24.3 Å². The minimum absolute atomic E-state index is 0.0662. The number of hydrogen-bond donors (Lipinski definition) is 3. The average molecular weight is 818 g/mol. The van der Waals surface area contributed by atoms with Crippen LogP contribution in [-0.2, 0) is 14.3 Å². The van der Waals surface area contributed by atoms with E-state index in [4.69, 9.17) is 4.74 Å². The molecule has 0 saturated heterocycles. The van der Waals surface area contributed by atoms with Crippen LogP contribution in [0.5, 0.6) is 0 Å². The molecule has 3 atom stereocenters. The van der Waals surface area contributed by atoms with E-state index in [1.165, 1.54) is 148 Å². The highest BCUT2D eigenvalue weighted by molar-refractivity contribution is 5.77. The average Bonchev–Trinajstić information content (AvgIpc) is 3.22. The molecule has 0 aromatic heterocycles. The van der Waals surface area contributed by atoms with Gasteiger partial charge >= 0.3 is 5.97 Å². The third kappa shape index (κ3) is 41.1. The summed E-state index contributed by atoms with van der Waals surface area (Å²) in [6.07, 6.45) is 52.5. The molecule has 0 rings (SSSR count). The molecule has 0 aliphatic carbocycles. The zero-order valence-electron chi connectivity index (χ0n) is 38.9. The summed E-state index contributed by atoms with van der Waals surface area (Å²) in [5.74, 6) is -0.494. The molecule has 0 radical (unpaired) electrons. The maximum Gasteiger partial charge on any atom is 0.306 e. The van der Waals surface area contributed by atoms with Crippen molar-refractivity contribution >= 4 is 11.9 Å². The zero-order chi connectivity index (χ0) is 42.4. The van der Waals surface area contributed by atoms with Gasteiger partial charge in [-0.1, -0.05) is 212 Å². The van der Waals surface area contributed by atoms with Crippen molar-refractivity contribution in [3.8, 4) is 0 Å². The first-order valence-electron chi connectivity index (χ1n) is 25.6. The molecule has 3 unspecified atom stereocenters. The molecule has 3 N–H and O–H groups in total. The van der Waals surface area contributed by atoms with Gasteiger partial charge in [-0.15, -0.1) is 0 Å². The van der Waals surface area contributed by atoms with Crippen LogP contribution in [0.1, 0.15) is 271 Å². The maximum absolute atomic E-state index is 13.1. The maximum atomic E-state index is 13.1. The van der Waals surface area contributed by atoms with Gasteiger partial charge in [-0.2, -0.15) is 0 Å². The fourth-order valence-electron chi connectivity index (χ4n) is 7.84. The van der Waals surface area contributed by atoms with Crippen molar-refractivity contribution in [1.82, 2.24) is 5.32 Å². The van der Waals surface area contributed by atoms with Gasteiger partial charge in [-0.25, -0.2) is 0 Å². The Kier molecular flexibility index (Phi) is 45.1. The van der Waals surface area contributed by atoms with Crippen LogP contribution in [0.25, 0.3) is 0 Å². The standard InChI is InChI=1S/C52H99NO5/c1-4-7-10-13-16-19-21-23-24-25-26-27-29-31-33-36-39-42-45-52(57)58-48(43-40-37-34-18-15-12-9-6-3)46-51(56)53-49(47-54)50(55)44-41-38-35-32-30-28-22-20-17-14-11-8-5-2/h12,15,26-27,48-50,54-55H,4-11,13-14,16-25,28-47H2,1-3H3,(H,53,56)/b15-12-,27-26+. The number of unbranched alkanes of at least 4 members (excludes halogenated alkanes) is 30. The highest BCUT2D eigenvalue weighted by Crippen LogP contribution is 2.18. The van der Waals surface area contributed by atoms with Crippen molar-refractivity contribution in [2.45, 2.75) is 289 Å². The number of rotatable bonds is 46. The number of allylic oxidation sites excluding steroid dienone is 4. The van der Waals surface area contributed by atoms with Gasteiger partial charge in [0, 0.05) is 6.42 Å². The summed E-state index contributed by atoms with van der Waals surface area (Å²) in [5, 5.41) is 23.7. The van der Waals surface area contributed by atoms with Gasteiger partial charge < -0.3 is 20.3 Å². The lowest BCUT2D eigenvalue weighted by molar-refractivity contribution is -0.151. The lowest BCUT2D eigenvalue weighted by Crippen LogP contribution is -2.46. The zero-order valence-corrected chi connectivity index (χ0v) is 38.9. The lowest BCUT2D eigenvalue weighted by Gasteiger charge is -2.24. The molecule has 6 nitrogen and oxygen atoms in total. The Morgan fingerprint density at radius 3 is 1.31 bits per heavy atom. The van der Waals surface area contributed by atoms with Crippen LogP contribution in [0.3, 0.4) is 0 Å². The second kappa shape index (κ2) is 46.4. The number of nitrogens with one attached hydrogen (secondary N) is 1. The summed E-state index contributed by atoms with van der Waals surface area (Å²) in [5.41, 5.74) is 0. The van der Waals surface area contributed by atoms with E-state index < -0.39 is 18.2 Å². The smallest absolute Gasteiger partial charge is 0.306 e. The minimum atomic E-state index is -0.788. The Morgan fingerprint density at radius 1 is 0.483 bits per heavy atom. The molecule has 58 heavy (non-hydrogen) atoms. The number of aliphatic hydroxyl groups is 2. The van der Waals surface area contributed by atoms with Crippen LogP contribution < -0.4 is 5.32 Å². The van der Waals surface area contributed by atoms with E-state index in [1.807, 2.05) is 0 Å². The fraction of sp³-hybridized carbons (Fsp3) is 0.885. The Bertz CT molecular complexity index is 919. The molecule has 0 heterocycles. The van der Waals surface area contributed by atoms with E-state index in [9.17, 15) is 19.8 Å². The van der Waals surface area contributed by atoms with Gasteiger partial charge in [0.25, 0.3) is 0 Å². The van der Waals surface area contributed by atoms with Gasteiger partial charge in [0.1, 0.15) is 6.10 Å². The second-order valence-corrected chi connectivity index (χ2v) is 17.6. The van der Waals surface area contributed by atoms with Crippen molar-refractivity contribution in [2.75, 3.05) is 6.61 Å². The highest BCUT2D eigenvalue weighted by Gasteiger charge is 2.24. The molecule has 0 aliphatic rings. The Hall–Kier alpha value is -1.66. The SMILES string of the molecule is CCC/C=C\CCCCCC(CC(=O)NC(CO)C(O)CCCCCCCCCCCCCCC)OC(=O)CCCCCCC/C=C/CCCCCCCCCCC. The Balaban J connectivity index is 4.40. The Morgan fingerprint density at radius 2 is 0.862 bits per heavy atom. The largest absolute Gasteiger partial charge is 0.462 e. The van der Waals surface area contributed by atoms with E-state index in [-0.39, 0.29) is 24.9 Å². The molecule has 0 spiro atoms. The predicted molar refractivity (Wildman–Crippen MR) is 250 cm³/mol. The van der Waals surface area contributed by atoms with Crippen LogP contribution in [-0.4, -0.2) is 46.9 Å². The van der Waals surface area contributed by atoms with Gasteiger partial charge in [0.2, 0.25) is 5.91 Å². The van der Waals surface area contributed by atoms with Gasteiger partial charge in [0.05, 0.1) is 25.2 Å². The molecule has 0 aliphatic heterocycles. The van der Waals surface area contributed by atoms with Crippen LogP contribution in [0.2, 0.25) is 0 Å². The first-order valence-corrected chi connectivity index (χ1v) is 25.6. The van der Waals surface area contributed by atoms with Crippen LogP contribution >= 0.6 is 0 Å². The number of carbonyl (C=O) groups excluding carboxylic acids is 2. The lowest BCUT2D eigenvalue weighted by atomic mass is 10.0.